The van der Waals surface area contributed by atoms with Gasteiger partial charge in [-0.25, -0.2) is 4.68 Å². The van der Waals surface area contributed by atoms with E-state index in [1.165, 1.54) is 20.1 Å². The van der Waals surface area contributed by atoms with E-state index >= 15 is 0 Å². The summed E-state index contributed by atoms with van der Waals surface area (Å²) < 4.78 is 7.12. The molecule has 2 aromatic heterocycles. The molecule has 2 heterocycles. The average Bonchev–Trinajstić information content (AvgIpc) is 3.48. The standard InChI is InChI=1S/C25H22N4O3S/c1-17(30)26-19-11-12-22(32-2)21(15-19)27-24(31)13-10-18-16-29(20-7-4-3-5-8-20)28-25(18)23-9-6-14-33-23/h3-16H,1-2H3,(H,26,30)(H,27,31)/b13-10+. The minimum absolute atomic E-state index is 0.200. The summed E-state index contributed by atoms with van der Waals surface area (Å²) in [5, 5.41) is 12.2. The van der Waals surface area contributed by atoms with Crippen LogP contribution in [0.4, 0.5) is 11.4 Å². The number of rotatable bonds is 7. The van der Waals surface area contributed by atoms with Crippen LogP contribution in [0, 0.1) is 0 Å². The monoisotopic (exact) mass is 458 g/mol. The third-order valence-corrected chi connectivity index (χ3v) is 5.59. The first-order chi connectivity index (χ1) is 16.0. The molecule has 0 bridgehead atoms. The maximum absolute atomic E-state index is 12.7. The Balaban J connectivity index is 1.59. The van der Waals surface area contributed by atoms with E-state index in [9.17, 15) is 9.59 Å². The molecule has 0 aliphatic rings. The van der Waals surface area contributed by atoms with Crippen LogP contribution < -0.4 is 15.4 Å². The number of thiophene rings is 1. The molecule has 0 unspecified atom stereocenters. The fraction of sp³-hybridized carbons (Fsp3) is 0.0800. The Morgan fingerprint density at radius 3 is 2.58 bits per heavy atom. The van der Waals surface area contributed by atoms with E-state index in [0.717, 1.165) is 21.8 Å². The van der Waals surface area contributed by atoms with Crippen LogP contribution in [0.25, 0.3) is 22.3 Å². The molecular formula is C25H22N4O3S. The van der Waals surface area contributed by atoms with E-state index in [0.29, 0.717) is 17.1 Å². The molecule has 0 spiro atoms. The average molecular weight is 459 g/mol. The summed E-state index contributed by atoms with van der Waals surface area (Å²) in [6, 6.07) is 18.8. The van der Waals surface area contributed by atoms with Crippen molar-refractivity contribution in [3.05, 3.63) is 83.9 Å². The van der Waals surface area contributed by atoms with Gasteiger partial charge in [-0.15, -0.1) is 11.3 Å². The maximum Gasteiger partial charge on any atom is 0.248 e. The number of carbonyl (C=O) groups excluding carboxylic acids is 2. The van der Waals surface area contributed by atoms with Gasteiger partial charge in [0.25, 0.3) is 0 Å². The molecule has 7 nitrogen and oxygen atoms in total. The van der Waals surface area contributed by atoms with Gasteiger partial charge in [0, 0.05) is 30.4 Å². The minimum Gasteiger partial charge on any atom is -0.495 e. The number of hydrogen-bond acceptors (Lipinski definition) is 5. The number of hydrogen-bond donors (Lipinski definition) is 2. The summed E-state index contributed by atoms with van der Waals surface area (Å²) in [6.45, 7) is 1.42. The number of amides is 2. The molecule has 8 heteroatoms. The second-order valence-corrected chi connectivity index (χ2v) is 8.06. The molecule has 2 aromatic carbocycles. The lowest BCUT2D eigenvalue weighted by atomic mass is 10.2. The van der Waals surface area contributed by atoms with Crippen LogP contribution in [-0.2, 0) is 9.59 Å². The molecular weight excluding hydrogens is 436 g/mol. The van der Waals surface area contributed by atoms with E-state index in [2.05, 4.69) is 10.6 Å². The summed E-state index contributed by atoms with van der Waals surface area (Å²) in [5.74, 6) is -0.0474. The Morgan fingerprint density at radius 2 is 1.88 bits per heavy atom. The summed E-state index contributed by atoms with van der Waals surface area (Å²) in [5.41, 5.74) is 3.56. The molecule has 0 fully saturated rings. The highest BCUT2D eigenvalue weighted by Gasteiger charge is 2.12. The summed E-state index contributed by atoms with van der Waals surface area (Å²) in [6.07, 6.45) is 5.08. The molecule has 0 saturated heterocycles. The zero-order valence-electron chi connectivity index (χ0n) is 18.1. The SMILES string of the molecule is COc1ccc(NC(C)=O)cc1NC(=O)/C=C/c1cn(-c2ccccc2)nc1-c1cccs1. The highest BCUT2D eigenvalue weighted by atomic mass is 32.1. The van der Waals surface area contributed by atoms with Gasteiger partial charge in [0.15, 0.2) is 0 Å². The van der Waals surface area contributed by atoms with Crippen molar-refractivity contribution in [2.24, 2.45) is 0 Å². The van der Waals surface area contributed by atoms with Crippen molar-refractivity contribution >= 4 is 40.6 Å². The van der Waals surface area contributed by atoms with Crippen LogP contribution in [0.15, 0.2) is 78.3 Å². The third kappa shape index (κ3) is 5.36. The second-order valence-electron chi connectivity index (χ2n) is 7.11. The van der Waals surface area contributed by atoms with Crippen LogP contribution >= 0.6 is 11.3 Å². The lowest BCUT2D eigenvalue weighted by Gasteiger charge is -2.11. The number of anilines is 2. The highest BCUT2D eigenvalue weighted by molar-refractivity contribution is 7.13. The topological polar surface area (TPSA) is 85.3 Å². The predicted octanol–water partition coefficient (Wildman–Crippen LogP) is 5.22. The molecule has 0 radical (unpaired) electrons. The van der Waals surface area contributed by atoms with Gasteiger partial charge in [-0.1, -0.05) is 24.3 Å². The molecule has 0 saturated carbocycles. The number of carbonyl (C=O) groups is 2. The van der Waals surface area contributed by atoms with E-state index in [-0.39, 0.29) is 11.8 Å². The van der Waals surface area contributed by atoms with Gasteiger partial charge in [0.2, 0.25) is 11.8 Å². The Kier molecular flexibility index (Phi) is 6.66. The van der Waals surface area contributed by atoms with E-state index < -0.39 is 0 Å². The molecule has 33 heavy (non-hydrogen) atoms. The van der Waals surface area contributed by atoms with Crippen molar-refractivity contribution in [1.29, 1.82) is 0 Å². The van der Waals surface area contributed by atoms with E-state index in [4.69, 9.17) is 9.84 Å². The van der Waals surface area contributed by atoms with Crippen LogP contribution in [0.1, 0.15) is 12.5 Å². The fourth-order valence-electron chi connectivity index (χ4n) is 3.25. The van der Waals surface area contributed by atoms with Crippen molar-refractivity contribution in [3.63, 3.8) is 0 Å². The minimum atomic E-state index is -0.335. The first kappa shape index (κ1) is 22.0. The normalized spacial score (nSPS) is 10.8. The first-order valence-electron chi connectivity index (χ1n) is 10.2. The third-order valence-electron chi connectivity index (χ3n) is 4.71. The van der Waals surface area contributed by atoms with Crippen molar-refractivity contribution in [3.8, 4) is 22.0 Å². The lowest BCUT2D eigenvalue weighted by molar-refractivity contribution is -0.114. The first-order valence-corrected chi connectivity index (χ1v) is 11.0. The van der Waals surface area contributed by atoms with Gasteiger partial charge < -0.3 is 15.4 Å². The largest absolute Gasteiger partial charge is 0.495 e. The number of ether oxygens (including phenoxy) is 1. The van der Waals surface area contributed by atoms with Gasteiger partial charge in [0.1, 0.15) is 11.4 Å². The Labute approximate surface area is 195 Å². The van der Waals surface area contributed by atoms with Crippen LogP contribution in [0.2, 0.25) is 0 Å². The molecule has 4 rings (SSSR count). The molecule has 0 aliphatic heterocycles. The van der Waals surface area contributed by atoms with Crippen molar-refractivity contribution in [1.82, 2.24) is 9.78 Å². The summed E-state index contributed by atoms with van der Waals surface area (Å²) in [7, 11) is 1.52. The predicted molar refractivity (Wildman–Crippen MR) is 132 cm³/mol. The zero-order chi connectivity index (χ0) is 23.2. The van der Waals surface area contributed by atoms with Gasteiger partial charge in [0.05, 0.1) is 23.4 Å². The summed E-state index contributed by atoms with van der Waals surface area (Å²) >= 11 is 1.59. The fourth-order valence-corrected chi connectivity index (χ4v) is 3.98. The molecule has 2 amide bonds. The smallest absolute Gasteiger partial charge is 0.248 e. The van der Waals surface area contributed by atoms with Crippen molar-refractivity contribution in [2.75, 3.05) is 17.7 Å². The second kappa shape index (κ2) is 9.97. The Hall–Kier alpha value is -4.17. The van der Waals surface area contributed by atoms with E-state index in [1.54, 1.807) is 40.3 Å². The number of methoxy groups -OCH3 is 1. The van der Waals surface area contributed by atoms with E-state index in [1.807, 2.05) is 54.0 Å². The van der Waals surface area contributed by atoms with Gasteiger partial charge >= 0.3 is 0 Å². The molecule has 4 aromatic rings. The highest BCUT2D eigenvalue weighted by Crippen LogP contribution is 2.30. The number of nitrogens with one attached hydrogen (secondary N) is 2. The molecule has 0 atom stereocenters. The van der Waals surface area contributed by atoms with Crippen LogP contribution in [-0.4, -0.2) is 28.7 Å². The summed E-state index contributed by atoms with van der Waals surface area (Å²) in [4.78, 5) is 25.1. The van der Waals surface area contributed by atoms with Crippen molar-refractivity contribution in [2.45, 2.75) is 6.92 Å². The van der Waals surface area contributed by atoms with Crippen LogP contribution in [0.3, 0.4) is 0 Å². The molecule has 166 valence electrons. The number of para-hydroxylation sites is 1. The quantitative estimate of drug-likeness (QED) is 0.372. The van der Waals surface area contributed by atoms with Gasteiger partial charge in [-0.05, 0) is 47.9 Å². The lowest BCUT2D eigenvalue weighted by Crippen LogP contribution is -2.10. The Bertz CT molecular complexity index is 1290. The number of nitrogens with zero attached hydrogens (tertiary/aromatic N) is 2. The number of aromatic nitrogens is 2. The molecule has 2 N–H and O–H groups in total. The zero-order valence-corrected chi connectivity index (χ0v) is 18.9. The molecule has 0 aliphatic carbocycles. The Morgan fingerprint density at radius 1 is 1.06 bits per heavy atom. The van der Waals surface area contributed by atoms with Gasteiger partial charge in [-0.3, -0.25) is 9.59 Å². The maximum atomic E-state index is 12.7. The van der Waals surface area contributed by atoms with Crippen molar-refractivity contribution < 1.29 is 14.3 Å². The van der Waals surface area contributed by atoms with Gasteiger partial charge in [-0.2, -0.15) is 5.10 Å². The number of benzene rings is 2. The van der Waals surface area contributed by atoms with Crippen LogP contribution in [0.5, 0.6) is 5.75 Å².